The van der Waals surface area contributed by atoms with Crippen LogP contribution in [0.4, 0.5) is 0 Å². The van der Waals surface area contributed by atoms with E-state index in [-0.39, 0.29) is 6.42 Å². The lowest BCUT2D eigenvalue weighted by atomic mass is 9.91. The van der Waals surface area contributed by atoms with Gasteiger partial charge in [0.05, 0.1) is 6.42 Å². The van der Waals surface area contributed by atoms with Gasteiger partial charge in [-0.2, -0.15) is 0 Å². The Hall–Kier alpha value is -1.14. The molecule has 0 bridgehead atoms. The number of hydrogen-bond donors (Lipinski definition) is 1. The predicted octanol–water partition coefficient (Wildman–Crippen LogP) is 1.85. The fourth-order valence-electron chi connectivity index (χ4n) is 2.39. The van der Waals surface area contributed by atoms with E-state index in [2.05, 4.69) is 14.9 Å². The molecule has 1 saturated heterocycles. The summed E-state index contributed by atoms with van der Waals surface area (Å²) in [5, 5.41) is 9.49. The first-order valence-corrected chi connectivity index (χ1v) is 7.71. The molecule has 1 aromatic rings. The van der Waals surface area contributed by atoms with E-state index < -0.39 is 5.97 Å². The molecule has 6 heteroatoms. The third-order valence-electron chi connectivity index (χ3n) is 3.53. The number of hydrogen-bond acceptors (Lipinski definition) is 5. The zero-order valence-electron chi connectivity index (χ0n) is 11.1. The molecule has 0 saturated carbocycles. The van der Waals surface area contributed by atoms with E-state index in [0.717, 1.165) is 31.1 Å². The van der Waals surface area contributed by atoms with Crippen LogP contribution >= 0.6 is 11.8 Å². The Kier molecular flexibility index (Phi) is 5.15. The standard InChI is InChI=1S/C13H19N3O2S/c1-19-13-14-8-11(9-15-13)10-2-5-16(6-3-10)7-4-12(17)18/h8-10H,2-7H2,1H3,(H,17,18). The number of aromatic nitrogens is 2. The van der Waals surface area contributed by atoms with Crippen LogP contribution in [-0.4, -0.2) is 51.8 Å². The van der Waals surface area contributed by atoms with Gasteiger partial charge in [-0.3, -0.25) is 4.79 Å². The van der Waals surface area contributed by atoms with E-state index in [0.29, 0.717) is 12.5 Å². The van der Waals surface area contributed by atoms with E-state index in [1.165, 1.54) is 5.56 Å². The molecule has 0 radical (unpaired) electrons. The first kappa shape index (κ1) is 14.3. The summed E-state index contributed by atoms with van der Waals surface area (Å²) in [6.07, 6.45) is 8.17. The summed E-state index contributed by atoms with van der Waals surface area (Å²) in [4.78, 5) is 21.4. The Morgan fingerprint density at radius 1 is 1.42 bits per heavy atom. The van der Waals surface area contributed by atoms with E-state index in [4.69, 9.17) is 5.11 Å². The molecule has 19 heavy (non-hydrogen) atoms. The molecule has 1 aliphatic rings. The predicted molar refractivity (Wildman–Crippen MR) is 74.5 cm³/mol. The highest BCUT2D eigenvalue weighted by Gasteiger charge is 2.21. The number of carboxylic acids is 1. The largest absolute Gasteiger partial charge is 0.481 e. The molecule has 1 aromatic heterocycles. The number of carboxylic acid groups (broad SMARTS) is 1. The molecule has 0 unspecified atom stereocenters. The van der Waals surface area contributed by atoms with Crippen molar-refractivity contribution in [3.63, 3.8) is 0 Å². The van der Waals surface area contributed by atoms with Crippen LogP contribution in [0, 0.1) is 0 Å². The normalized spacial score (nSPS) is 17.5. The van der Waals surface area contributed by atoms with E-state index in [1.807, 2.05) is 18.6 Å². The number of rotatable bonds is 5. The Labute approximate surface area is 117 Å². The van der Waals surface area contributed by atoms with Crippen LogP contribution in [0.1, 0.15) is 30.7 Å². The van der Waals surface area contributed by atoms with Crippen LogP contribution in [-0.2, 0) is 4.79 Å². The van der Waals surface area contributed by atoms with Crippen molar-refractivity contribution < 1.29 is 9.90 Å². The van der Waals surface area contributed by atoms with Crippen molar-refractivity contribution in [1.29, 1.82) is 0 Å². The summed E-state index contributed by atoms with van der Waals surface area (Å²) >= 11 is 1.55. The molecule has 2 heterocycles. The molecule has 1 aliphatic heterocycles. The average Bonchev–Trinajstić information content (AvgIpc) is 2.46. The highest BCUT2D eigenvalue weighted by atomic mass is 32.2. The lowest BCUT2D eigenvalue weighted by Crippen LogP contribution is -2.34. The molecule has 2 rings (SSSR count). The monoisotopic (exact) mass is 281 g/mol. The third-order valence-corrected chi connectivity index (χ3v) is 4.11. The molecular weight excluding hydrogens is 262 g/mol. The van der Waals surface area contributed by atoms with Gasteiger partial charge in [0, 0.05) is 18.9 Å². The average molecular weight is 281 g/mol. The molecule has 1 fully saturated rings. The summed E-state index contributed by atoms with van der Waals surface area (Å²) in [5.74, 6) is -0.208. The molecule has 0 spiro atoms. The summed E-state index contributed by atoms with van der Waals surface area (Å²) in [5.41, 5.74) is 1.20. The van der Waals surface area contributed by atoms with Gasteiger partial charge in [0.2, 0.25) is 0 Å². The van der Waals surface area contributed by atoms with E-state index >= 15 is 0 Å². The van der Waals surface area contributed by atoms with Gasteiger partial charge < -0.3 is 10.0 Å². The number of likely N-dealkylation sites (tertiary alicyclic amines) is 1. The highest BCUT2D eigenvalue weighted by Crippen LogP contribution is 2.27. The smallest absolute Gasteiger partial charge is 0.304 e. The van der Waals surface area contributed by atoms with Gasteiger partial charge in [-0.25, -0.2) is 9.97 Å². The van der Waals surface area contributed by atoms with Gasteiger partial charge in [-0.1, -0.05) is 11.8 Å². The highest BCUT2D eigenvalue weighted by molar-refractivity contribution is 7.98. The van der Waals surface area contributed by atoms with Gasteiger partial charge >= 0.3 is 5.97 Å². The first-order valence-electron chi connectivity index (χ1n) is 6.49. The van der Waals surface area contributed by atoms with Crippen LogP contribution < -0.4 is 0 Å². The summed E-state index contributed by atoms with van der Waals surface area (Å²) in [6, 6.07) is 0. The van der Waals surface area contributed by atoms with Crippen LogP contribution in [0.2, 0.25) is 0 Å². The Morgan fingerprint density at radius 2 is 2.05 bits per heavy atom. The lowest BCUT2D eigenvalue weighted by Gasteiger charge is -2.31. The second-order valence-electron chi connectivity index (χ2n) is 4.76. The van der Waals surface area contributed by atoms with Crippen molar-refractivity contribution in [1.82, 2.24) is 14.9 Å². The van der Waals surface area contributed by atoms with Gasteiger partial charge in [-0.15, -0.1) is 0 Å². The van der Waals surface area contributed by atoms with E-state index in [1.54, 1.807) is 11.8 Å². The lowest BCUT2D eigenvalue weighted by molar-refractivity contribution is -0.137. The number of aliphatic carboxylic acids is 1. The SMILES string of the molecule is CSc1ncc(C2CCN(CCC(=O)O)CC2)cn1. The maximum absolute atomic E-state index is 10.5. The Balaban J connectivity index is 1.83. The summed E-state index contributed by atoms with van der Waals surface area (Å²) in [7, 11) is 0. The molecule has 0 aliphatic carbocycles. The molecule has 5 nitrogen and oxygen atoms in total. The second kappa shape index (κ2) is 6.86. The molecular formula is C13H19N3O2S. The topological polar surface area (TPSA) is 66.3 Å². The fourth-order valence-corrected chi connectivity index (χ4v) is 2.70. The number of carbonyl (C=O) groups is 1. The maximum atomic E-state index is 10.5. The number of thioether (sulfide) groups is 1. The minimum Gasteiger partial charge on any atom is -0.481 e. The minimum atomic E-state index is -0.719. The quantitative estimate of drug-likeness (QED) is 0.656. The molecule has 0 atom stereocenters. The minimum absolute atomic E-state index is 0.232. The van der Waals surface area contributed by atoms with Crippen molar-refractivity contribution in [2.24, 2.45) is 0 Å². The zero-order chi connectivity index (χ0) is 13.7. The second-order valence-corrected chi connectivity index (χ2v) is 5.54. The van der Waals surface area contributed by atoms with Crippen molar-refractivity contribution in [3.05, 3.63) is 18.0 Å². The molecule has 0 aromatic carbocycles. The van der Waals surface area contributed by atoms with Crippen LogP contribution in [0.25, 0.3) is 0 Å². The molecule has 1 N–H and O–H groups in total. The van der Waals surface area contributed by atoms with E-state index in [9.17, 15) is 4.79 Å². The van der Waals surface area contributed by atoms with Crippen LogP contribution in [0.3, 0.4) is 0 Å². The fraction of sp³-hybridized carbons (Fsp3) is 0.615. The van der Waals surface area contributed by atoms with Gasteiger partial charge in [0.25, 0.3) is 0 Å². The van der Waals surface area contributed by atoms with Crippen LogP contribution in [0.15, 0.2) is 17.6 Å². The van der Waals surface area contributed by atoms with Crippen molar-refractivity contribution in [3.8, 4) is 0 Å². The van der Waals surface area contributed by atoms with Gasteiger partial charge in [-0.05, 0) is 43.7 Å². The summed E-state index contributed by atoms with van der Waals surface area (Å²) in [6.45, 7) is 2.58. The van der Waals surface area contributed by atoms with Crippen molar-refractivity contribution in [2.75, 3.05) is 25.9 Å². The number of nitrogens with zero attached hydrogens (tertiary/aromatic N) is 3. The van der Waals surface area contributed by atoms with Crippen molar-refractivity contribution >= 4 is 17.7 Å². The Morgan fingerprint density at radius 3 is 2.58 bits per heavy atom. The third kappa shape index (κ3) is 4.18. The first-order chi connectivity index (χ1) is 9.19. The Bertz CT molecular complexity index is 416. The van der Waals surface area contributed by atoms with Crippen LogP contribution in [0.5, 0.6) is 0 Å². The van der Waals surface area contributed by atoms with Crippen molar-refractivity contribution in [2.45, 2.75) is 30.3 Å². The number of piperidine rings is 1. The zero-order valence-corrected chi connectivity index (χ0v) is 11.9. The van der Waals surface area contributed by atoms with Gasteiger partial charge in [0.15, 0.2) is 5.16 Å². The summed E-state index contributed by atoms with van der Waals surface area (Å²) < 4.78 is 0. The van der Waals surface area contributed by atoms with Gasteiger partial charge in [0.1, 0.15) is 0 Å². The molecule has 0 amide bonds. The maximum Gasteiger partial charge on any atom is 0.304 e. The molecule has 104 valence electrons.